The van der Waals surface area contributed by atoms with E-state index in [9.17, 15) is 4.79 Å². The molecule has 0 saturated carbocycles. The fraction of sp³-hybridized carbons (Fsp3) is 0.200. The fourth-order valence-corrected chi connectivity index (χ4v) is 2.72. The van der Waals surface area contributed by atoms with E-state index in [2.05, 4.69) is 11.1 Å². The fourth-order valence-electron chi connectivity index (χ4n) is 2.72. The third-order valence-corrected chi connectivity index (χ3v) is 4.10. The number of ether oxygens (including phenoxy) is 1. The molecule has 0 radical (unpaired) electrons. The standard InChI is InChI=1S/C20H16N4O2/c21-11-15-5-7-19(23-13-15)26-18-9-10-24(14-18)20(25)8-6-16-3-1-2-4-17(16)12-22/h1-8,13,18H,9-10,14H2/b8-6+. The molecule has 1 aliphatic heterocycles. The summed E-state index contributed by atoms with van der Waals surface area (Å²) in [5.41, 5.74) is 1.73. The zero-order valence-corrected chi connectivity index (χ0v) is 14.0. The van der Waals surface area contributed by atoms with Crippen LogP contribution >= 0.6 is 0 Å². The Hall–Kier alpha value is -3.64. The lowest BCUT2D eigenvalue weighted by molar-refractivity contribution is -0.125. The summed E-state index contributed by atoms with van der Waals surface area (Å²) in [5.74, 6) is 0.332. The molecule has 0 bridgehead atoms. The third-order valence-electron chi connectivity index (χ3n) is 4.10. The van der Waals surface area contributed by atoms with Gasteiger partial charge in [-0.2, -0.15) is 10.5 Å². The van der Waals surface area contributed by atoms with E-state index in [1.54, 1.807) is 41.3 Å². The van der Waals surface area contributed by atoms with Crippen LogP contribution in [0.2, 0.25) is 0 Å². The monoisotopic (exact) mass is 344 g/mol. The van der Waals surface area contributed by atoms with Gasteiger partial charge in [0.25, 0.3) is 0 Å². The van der Waals surface area contributed by atoms with Gasteiger partial charge in [-0.25, -0.2) is 4.98 Å². The van der Waals surface area contributed by atoms with Crippen LogP contribution in [0, 0.1) is 22.7 Å². The molecule has 0 spiro atoms. The number of likely N-dealkylation sites (tertiary alicyclic amines) is 1. The van der Waals surface area contributed by atoms with Gasteiger partial charge >= 0.3 is 0 Å². The second-order valence-corrected chi connectivity index (χ2v) is 5.84. The highest BCUT2D eigenvalue weighted by molar-refractivity contribution is 5.92. The number of nitrogens with zero attached hydrogens (tertiary/aromatic N) is 4. The minimum absolute atomic E-state index is 0.114. The number of hydrogen-bond acceptors (Lipinski definition) is 5. The first-order chi connectivity index (χ1) is 12.7. The molecule has 1 atom stereocenters. The lowest BCUT2D eigenvalue weighted by Crippen LogP contribution is -2.29. The molecule has 0 N–H and O–H groups in total. The summed E-state index contributed by atoms with van der Waals surface area (Å²) in [6.45, 7) is 1.08. The van der Waals surface area contributed by atoms with Crippen molar-refractivity contribution in [2.75, 3.05) is 13.1 Å². The summed E-state index contributed by atoms with van der Waals surface area (Å²) in [6.07, 6.45) is 5.20. The van der Waals surface area contributed by atoms with Crippen LogP contribution in [-0.4, -0.2) is 35.0 Å². The summed E-state index contributed by atoms with van der Waals surface area (Å²) in [6, 6.07) is 14.6. The topological polar surface area (TPSA) is 90.0 Å². The van der Waals surface area contributed by atoms with Crippen molar-refractivity contribution in [1.82, 2.24) is 9.88 Å². The van der Waals surface area contributed by atoms with Crippen LogP contribution in [0.5, 0.6) is 5.88 Å². The molecule has 2 aromatic rings. The average Bonchev–Trinajstić information content (AvgIpc) is 3.15. The average molecular weight is 344 g/mol. The van der Waals surface area contributed by atoms with Crippen LogP contribution in [0.15, 0.2) is 48.7 Å². The van der Waals surface area contributed by atoms with Gasteiger partial charge in [-0.15, -0.1) is 0 Å². The zero-order valence-electron chi connectivity index (χ0n) is 14.0. The molecule has 1 fully saturated rings. The van der Waals surface area contributed by atoms with E-state index in [-0.39, 0.29) is 12.0 Å². The third kappa shape index (κ3) is 4.06. The maximum atomic E-state index is 12.3. The largest absolute Gasteiger partial charge is 0.472 e. The van der Waals surface area contributed by atoms with Crippen LogP contribution in [-0.2, 0) is 4.79 Å². The molecular formula is C20H16N4O2. The van der Waals surface area contributed by atoms with E-state index in [0.29, 0.717) is 30.1 Å². The maximum Gasteiger partial charge on any atom is 0.246 e. The molecule has 6 nitrogen and oxygen atoms in total. The minimum Gasteiger partial charge on any atom is -0.472 e. The SMILES string of the molecule is N#Cc1ccc(OC2CCN(C(=O)/C=C/c3ccccc3C#N)C2)nc1. The number of carbonyl (C=O) groups is 1. The van der Waals surface area contributed by atoms with Crippen molar-refractivity contribution >= 4 is 12.0 Å². The van der Waals surface area contributed by atoms with Crippen LogP contribution in [0.4, 0.5) is 0 Å². The zero-order chi connectivity index (χ0) is 18.4. The quantitative estimate of drug-likeness (QED) is 0.795. The highest BCUT2D eigenvalue weighted by Gasteiger charge is 2.26. The predicted octanol–water partition coefficient (Wildman–Crippen LogP) is 2.52. The molecule has 3 rings (SSSR count). The lowest BCUT2D eigenvalue weighted by Gasteiger charge is -2.15. The molecule has 2 heterocycles. The van der Waals surface area contributed by atoms with Crippen molar-refractivity contribution in [1.29, 1.82) is 10.5 Å². The second-order valence-electron chi connectivity index (χ2n) is 5.84. The Balaban J connectivity index is 1.58. The van der Waals surface area contributed by atoms with Gasteiger partial charge in [0, 0.05) is 31.3 Å². The van der Waals surface area contributed by atoms with Crippen molar-refractivity contribution in [3.05, 3.63) is 65.4 Å². The number of carbonyl (C=O) groups excluding carboxylic acids is 1. The van der Waals surface area contributed by atoms with Crippen molar-refractivity contribution in [2.24, 2.45) is 0 Å². The van der Waals surface area contributed by atoms with Gasteiger partial charge in [-0.3, -0.25) is 4.79 Å². The van der Waals surface area contributed by atoms with Crippen molar-refractivity contribution in [2.45, 2.75) is 12.5 Å². The summed E-state index contributed by atoms with van der Waals surface area (Å²) in [4.78, 5) is 18.1. The van der Waals surface area contributed by atoms with E-state index in [0.717, 1.165) is 12.0 Å². The van der Waals surface area contributed by atoms with Crippen molar-refractivity contribution in [3.8, 4) is 18.0 Å². The number of pyridine rings is 1. The normalized spacial score (nSPS) is 16.2. The van der Waals surface area contributed by atoms with Crippen molar-refractivity contribution < 1.29 is 9.53 Å². The Kier molecular flexibility index (Phi) is 5.26. The first-order valence-electron chi connectivity index (χ1n) is 8.18. The van der Waals surface area contributed by atoms with Crippen molar-refractivity contribution in [3.63, 3.8) is 0 Å². The highest BCUT2D eigenvalue weighted by atomic mass is 16.5. The van der Waals surface area contributed by atoms with E-state index in [4.69, 9.17) is 15.3 Å². The molecule has 26 heavy (non-hydrogen) atoms. The molecule has 1 aromatic heterocycles. The van der Waals surface area contributed by atoms with Gasteiger partial charge in [0.2, 0.25) is 11.8 Å². The molecule has 6 heteroatoms. The van der Waals surface area contributed by atoms with Gasteiger partial charge in [0.1, 0.15) is 12.2 Å². The summed E-state index contributed by atoms with van der Waals surface area (Å²) in [7, 11) is 0. The van der Waals surface area contributed by atoms with E-state index < -0.39 is 0 Å². The van der Waals surface area contributed by atoms with E-state index in [1.807, 2.05) is 12.1 Å². The molecule has 1 saturated heterocycles. The lowest BCUT2D eigenvalue weighted by atomic mass is 10.1. The molecule has 128 valence electrons. The Labute approximate surface area is 151 Å². The molecule has 1 unspecified atom stereocenters. The highest BCUT2D eigenvalue weighted by Crippen LogP contribution is 2.17. The number of hydrogen-bond donors (Lipinski definition) is 0. The molecular weight excluding hydrogens is 328 g/mol. The van der Waals surface area contributed by atoms with E-state index in [1.165, 1.54) is 12.3 Å². The van der Waals surface area contributed by atoms with Crippen LogP contribution in [0.1, 0.15) is 23.1 Å². The maximum absolute atomic E-state index is 12.3. The van der Waals surface area contributed by atoms with Gasteiger partial charge < -0.3 is 9.64 Å². The first kappa shape index (κ1) is 17.2. The van der Waals surface area contributed by atoms with Gasteiger partial charge in [0.05, 0.1) is 23.7 Å². The summed E-state index contributed by atoms with van der Waals surface area (Å²) >= 11 is 0. The van der Waals surface area contributed by atoms with Crippen LogP contribution in [0.25, 0.3) is 6.08 Å². The minimum atomic E-state index is -0.126. The Bertz CT molecular complexity index is 907. The smallest absolute Gasteiger partial charge is 0.246 e. The predicted molar refractivity (Wildman–Crippen MR) is 94.8 cm³/mol. The Morgan fingerprint density at radius 3 is 2.81 bits per heavy atom. The first-order valence-corrected chi connectivity index (χ1v) is 8.18. The van der Waals surface area contributed by atoms with Crippen LogP contribution in [0.3, 0.4) is 0 Å². The van der Waals surface area contributed by atoms with Gasteiger partial charge in [0.15, 0.2) is 0 Å². The molecule has 1 aromatic carbocycles. The number of rotatable bonds is 4. The van der Waals surface area contributed by atoms with E-state index >= 15 is 0 Å². The Morgan fingerprint density at radius 1 is 1.23 bits per heavy atom. The summed E-state index contributed by atoms with van der Waals surface area (Å²) in [5, 5.41) is 17.9. The number of benzene rings is 1. The van der Waals surface area contributed by atoms with Gasteiger partial charge in [-0.1, -0.05) is 18.2 Å². The second kappa shape index (κ2) is 7.96. The van der Waals surface area contributed by atoms with Crippen LogP contribution < -0.4 is 4.74 Å². The molecule has 1 amide bonds. The number of amides is 1. The number of aromatic nitrogens is 1. The molecule has 1 aliphatic rings. The molecule has 0 aliphatic carbocycles. The number of nitriles is 2. The van der Waals surface area contributed by atoms with Gasteiger partial charge in [-0.05, 0) is 23.8 Å². The summed E-state index contributed by atoms with van der Waals surface area (Å²) < 4.78 is 5.77. The Morgan fingerprint density at radius 2 is 2.08 bits per heavy atom.